The summed E-state index contributed by atoms with van der Waals surface area (Å²) in [6.45, 7) is 6.36. The molecule has 3 nitrogen and oxygen atoms in total. The van der Waals surface area contributed by atoms with Gasteiger partial charge in [0.2, 0.25) is 0 Å². The van der Waals surface area contributed by atoms with E-state index in [0.717, 1.165) is 38.5 Å². The Labute approximate surface area is 139 Å². The van der Waals surface area contributed by atoms with Gasteiger partial charge in [-0.2, -0.15) is 0 Å². The van der Waals surface area contributed by atoms with Crippen LogP contribution in [0.25, 0.3) is 0 Å². The first-order valence-electron chi connectivity index (χ1n) is 9.34. The summed E-state index contributed by atoms with van der Waals surface area (Å²) in [7, 11) is 0. The number of hydrogen-bond acceptors (Lipinski definition) is 3. The van der Waals surface area contributed by atoms with E-state index in [1.165, 1.54) is 5.57 Å². The fourth-order valence-corrected chi connectivity index (χ4v) is 6.82. The third-order valence-electron chi connectivity index (χ3n) is 8.60. The van der Waals surface area contributed by atoms with E-state index in [1.54, 1.807) is 0 Å². The molecule has 0 saturated heterocycles. The molecule has 4 rings (SSSR count). The Balaban J connectivity index is 1.74. The Bertz CT molecular complexity index is 577. The Hall–Kier alpha value is -0.670. The lowest BCUT2D eigenvalue weighted by Crippen LogP contribution is -2.60. The molecule has 0 unspecified atom stereocenters. The SMILES string of the molecule is C[C@]12[C@H](O)C[C@H]3[C@@H](CCC4=CC(=O)CC[C@@]43C)[C@@H]1CC[C@]2(C)O. The van der Waals surface area contributed by atoms with Crippen molar-refractivity contribution in [2.45, 2.75) is 77.4 Å². The zero-order valence-electron chi connectivity index (χ0n) is 14.6. The van der Waals surface area contributed by atoms with Crippen LogP contribution in [0.4, 0.5) is 0 Å². The van der Waals surface area contributed by atoms with Gasteiger partial charge in [0.1, 0.15) is 0 Å². The predicted octanol–water partition coefficient (Wildman–Crippen LogP) is 3.24. The first-order chi connectivity index (χ1) is 10.7. The van der Waals surface area contributed by atoms with Crippen LogP contribution in [0, 0.1) is 28.6 Å². The van der Waals surface area contributed by atoms with E-state index in [1.807, 2.05) is 13.0 Å². The van der Waals surface area contributed by atoms with Crippen LogP contribution in [0.5, 0.6) is 0 Å². The summed E-state index contributed by atoms with van der Waals surface area (Å²) in [5, 5.41) is 21.9. The maximum absolute atomic E-state index is 11.8. The summed E-state index contributed by atoms with van der Waals surface area (Å²) in [6.07, 6.45) is 7.78. The largest absolute Gasteiger partial charge is 0.392 e. The van der Waals surface area contributed by atoms with Crippen molar-refractivity contribution in [2.24, 2.45) is 28.6 Å². The van der Waals surface area contributed by atoms with Crippen molar-refractivity contribution in [3.05, 3.63) is 11.6 Å². The van der Waals surface area contributed by atoms with Crippen LogP contribution in [0.3, 0.4) is 0 Å². The molecule has 0 bridgehead atoms. The van der Waals surface area contributed by atoms with E-state index in [9.17, 15) is 15.0 Å². The maximum Gasteiger partial charge on any atom is 0.155 e. The van der Waals surface area contributed by atoms with E-state index in [-0.39, 0.29) is 16.6 Å². The minimum atomic E-state index is -0.762. The predicted molar refractivity (Wildman–Crippen MR) is 88.7 cm³/mol. The minimum absolute atomic E-state index is 0.0770. The van der Waals surface area contributed by atoms with Gasteiger partial charge in [0.15, 0.2) is 5.78 Å². The molecular formula is C20H30O3. The quantitative estimate of drug-likeness (QED) is 0.721. The zero-order valence-corrected chi connectivity index (χ0v) is 14.6. The van der Waals surface area contributed by atoms with Gasteiger partial charge in [-0.15, -0.1) is 0 Å². The Morgan fingerprint density at radius 1 is 1.09 bits per heavy atom. The molecule has 2 N–H and O–H groups in total. The Morgan fingerprint density at radius 2 is 1.83 bits per heavy atom. The number of fused-ring (bicyclic) bond motifs is 5. The lowest BCUT2D eigenvalue weighted by atomic mass is 9.46. The van der Waals surface area contributed by atoms with Gasteiger partial charge in [0.05, 0.1) is 11.7 Å². The smallest absolute Gasteiger partial charge is 0.155 e. The molecule has 3 fully saturated rings. The van der Waals surface area contributed by atoms with Crippen molar-refractivity contribution in [1.82, 2.24) is 0 Å². The van der Waals surface area contributed by atoms with Crippen molar-refractivity contribution < 1.29 is 15.0 Å². The van der Waals surface area contributed by atoms with Crippen LogP contribution in [-0.4, -0.2) is 27.7 Å². The van der Waals surface area contributed by atoms with E-state index in [0.29, 0.717) is 24.2 Å². The number of carbonyl (C=O) groups is 1. The van der Waals surface area contributed by atoms with E-state index >= 15 is 0 Å². The van der Waals surface area contributed by atoms with Gasteiger partial charge in [-0.3, -0.25) is 4.79 Å². The van der Waals surface area contributed by atoms with Gasteiger partial charge in [0.25, 0.3) is 0 Å². The number of hydrogen-bond donors (Lipinski definition) is 2. The summed E-state index contributed by atoms with van der Waals surface area (Å²) in [5.74, 6) is 1.72. The van der Waals surface area contributed by atoms with Crippen molar-refractivity contribution in [1.29, 1.82) is 0 Å². The molecular weight excluding hydrogens is 288 g/mol. The van der Waals surface area contributed by atoms with Crippen LogP contribution in [0.2, 0.25) is 0 Å². The molecule has 0 aliphatic heterocycles. The number of allylic oxidation sites excluding steroid dienone is 1. The molecule has 0 radical (unpaired) electrons. The van der Waals surface area contributed by atoms with Gasteiger partial charge >= 0.3 is 0 Å². The van der Waals surface area contributed by atoms with Crippen LogP contribution in [0.15, 0.2) is 11.6 Å². The van der Waals surface area contributed by atoms with Gasteiger partial charge in [-0.05, 0) is 74.7 Å². The highest BCUT2D eigenvalue weighted by atomic mass is 16.3. The zero-order chi connectivity index (χ0) is 16.6. The highest BCUT2D eigenvalue weighted by molar-refractivity contribution is 5.91. The summed E-state index contributed by atoms with van der Waals surface area (Å²) < 4.78 is 0. The van der Waals surface area contributed by atoms with Gasteiger partial charge in [-0.25, -0.2) is 0 Å². The molecule has 4 aliphatic rings. The van der Waals surface area contributed by atoms with E-state index in [2.05, 4.69) is 13.8 Å². The fraction of sp³-hybridized carbons (Fsp3) is 0.850. The van der Waals surface area contributed by atoms with Crippen molar-refractivity contribution >= 4 is 5.78 Å². The number of rotatable bonds is 0. The average molecular weight is 318 g/mol. The highest BCUT2D eigenvalue weighted by Crippen LogP contribution is 2.67. The van der Waals surface area contributed by atoms with Crippen LogP contribution < -0.4 is 0 Å². The summed E-state index contributed by atoms with van der Waals surface area (Å²) >= 11 is 0. The van der Waals surface area contributed by atoms with Crippen molar-refractivity contribution in [3.63, 3.8) is 0 Å². The highest BCUT2D eigenvalue weighted by Gasteiger charge is 2.65. The third kappa shape index (κ3) is 1.87. The molecule has 0 spiro atoms. The lowest BCUT2D eigenvalue weighted by molar-refractivity contribution is -0.182. The minimum Gasteiger partial charge on any atom is -0.392 e. The van der Waals surface area contributed by atoms with Crippen LogP contribution in [-0.2, 0) is 4.79 Å². The average Bonchev–Trinajstić information content (AvgIpc) is 2.73. The van der Waals surface area contributed by atoms with E-state index in [4.69, 9.17) is 0 Å². The van der Waals surface area contributed by atoms with Gasteiger partial charge in [0, 0.05) is 11.8 Å². The monoisotopic (exact) mass is 318 g/mol. The number of ketones is 1. The fourth-order valence-electron chi connectivity index (χ4n) is 6.82. The molecule has 0 aromatic heterocycles. The molecule has 3 saturated carbocycles. The molecule has 0 amide bonds. The van der Waals surface area contributed by atoms with Crippen molar-refractivity contribution in [3.8, 4) is 0 Å². The summed E-state index contributed by atoms with van der Waals surface area (Å²) in [5.41, 5.74) is 0.265. The number of carbonyl (C=O) groups excluding carboxylic acids is 1. The normalized spacial score (nSPS) is 55.7. The molecule has 3 heteroatoms. The molecule has 4 aliphatic carbocycles. The van der Waals surface area contributed by atoms with Crippen LogP contribution >= 0.6 is 0 Å². The molecule has 7 atom stereocenters. The topological polar surface area (TPSA) is 57.5 Å². The van der Waals surface area contributed by atoms with E-state index < -0.39 is 11.7 Å². The second-order valence-corrected chi connectivity index (χ2v) is 9.32. The summed E-state index contributed by atoms with van der Waals surface area (Å²) in [4.78, 5) is 11.8. The number of aliphatic hydroxyl groups is 2. The second-order valence-electron chi connectivity index (χ2n) is 9.32. The third-order valence-corrected chi connectivity index (χ3v) is 8.60. The summed E-state index contributed by atoms with van der Waals surface area (Å²) in [6, 6.07) is 0. The van der Waals surface area contributed by atoms with Crippen molar-refractivity contribution in [2.75, 3.05) is 0 Å². The molecule has 128 valence electrons. The molecule has 0 aromatic carbocycles. The first-order valence-corrected chi connectivity index (χ1v) is 9.34. The standard InChI is InChI=1S/C20H30O3/c1-18-8-6-13(21)10-12(18)4-5-14-15-7-9-19(2,23)20(15,3)17(22)11-16(14)18/h10,14-17,22-23H,4-9,11H2,1-3H3/t14-,15-,16-,17+,18-,19-,20+/m0/s1. The molecule has 23 heavy (non-hydrogen) atoms. The number of aliphatic hydroxyl groups excluding tert-OH is 1. The lowest BCUT2D eigenvalue weighted by Gasteiger charge is -2.60. The maximum atomic E-state index is 11.8. The Kier molecular flexibility index (Phi) is 3.23. The molecule has 0 heterocycles. The van der Waals surface area contributed by atoms with Crippen LogP contribution in [0.1, 0.15) is 65.7 Å². The van der Waals surface area contributed by atoms with Gasteiger partial charge < -0.3 is 10.2 Å². The molecule has 0 aromatic rings. The second kappa shape index (κ2) is 4.70. The Morgan fingerprint density at radius 3 is 2.57 bits per heavy atom. The van der Waals surface area contributed by atoms with Gasteiger partial charge in [-0.1, -0.05) is 19.4 Å². The first kappa shape index (κ1) is 15.8.